The van der Waals surface area contributed by atoms with E-state index in [1.807, 2.05) is 62.1 Å². The minimum Gasteiger partial charge on any atom is -0.399 e. The Hall–Kier alpha value is -4.38. The molecule has 78 heavy (non-hydrogen) atoms. The monoisotopic (exact) mass is 1090 g/mol. The summed E-state index contributed by atoms with van der Waals surface area (Å²) in [6.07, 6.45) is 20.6. The van der Waals surface area contributed by atoms with Gasteiger partial charge in [-0.1, -0.05) is 166 Å². The van der Waals surface area contributed by atoms with E-state index in [1.54, 1.807) is 12.1 Å². The summed E-state index contributed by atoms with van der Waals surface area (Å²) in [5.41, 5.74) is 13.2. The number of nitrogens with one attached hydrogen (secondary N) is 2. The fourth-order valence-electron chi connectivity index (χ4n) is 11.9. The number of unbranched alkanes of at least 4 members (excludes halogenated alkanes) is 2. The summed E-state index contributed by atoms with van der Waals surface area (Å²) >= 11 is 6.59. The van der Waals surface area contributed by atoms with Crippen LogP contribution in [0, 0.1) is 49.2 Å². The van der Waals surface area contributed by atoms with E-state index in [9.17, 15) is 0 Å². The van der Waals surface area contributed by atoms with Crippen LogP contribution in [0.5, 0.6) is 0 Å². The average Bonchev–Trinajstić information content (AvgIpc) is 4.08. The van der Waals surface area contributed by atoms with Crippen molar-refractivity contribution in [1.82, 2.24) is 25.3 Å². The van der Waals surface area contributed by atoms with E-state index in [2.05, 4.69) is 110 Å². The van der Waals surface area contributed by atoms with Crippen LogP contribution < -0.4 is 50.8 Å². The van der Waals surface area contributed by atoms with Gasteiger partial charge in [0.25, 0.3) is 0 Å². The maximum absolute atomic E-state index is 16.1. The molecule has 5 unspecified atom stereocenters. The number of nitrogens with two attached hydrogens (primary N) is 1. The molecule has 0 bridgehead atoms. The number of benzene rings is 4. The molecule has 4 aliphatic rings. The largest absolute Gasteiger partial charge is 1.00 e. The Morgan fingerprint density at radius 1 is 0.949 bits per heavy atom. The van der Waals surface area contributed by atoms with Crippen molar-refractivity contribution in [3.63, 3.8) is 0 Å². The molecule has 420 valence electrons. The molecule has 4 aromatic carbocycles. The average molecular weight is 1090 g/mol. The second kappa shape index (κ2) is 32.8. The van der Waals surface area contributed by atoms with Gasteiger partial charge >= 0.3 is 29.6 Å². The SMILES string of the molecule is C=C(N)c1ccc(CCCCC)c(F)c1-c1c(Cl)c(F)cc2c1C(C)C(c1ccccc1)C2.C=C1CCN(c2nn(C)c3ccccc23)C(=C)N1.C=CNCCC(CCC1CC[CH-]CC1)CN1CCC(C)C(C)C1.CC.[CH3-].[Na+]. The van der Waals surface area contributed by atoms with Gasteiger partial charge in [-0.25, -0.2) is 8.78 Å². The molecule has 3 fully saturated rings. The van der Waals surface area contributed by atoms with Crippen LogP contribution in [0.4, 0.5) is 14.6 Å². The van der Waals surface area contributed by atoms with Gasteiger partial charge < -0.3 is 40.0 Å². The molecule has 0 amide bonds. The number of piperidine rings is 1. The van der Waals surface area contributed by atoms with Gasteiger partial charge in [-0.15, -0.1) is 0 Å². The Morgan fingerprint density at radius 2 is 1.65 bits per heavy atom. The van der Waals surface area contributed by atoms with Crippen molar-refractivity contribution in [2.24, 2.45) is 36.5 Å². The molecule has 0 spiro atoms. The minimum atomic E-state index is -0.532. The third kappa shape index (κ3) is 17.1. The van der Waals surface area contributed by atoms with Gasteiger partial charge in [0.2, 0.25) is 0 Å². The molecule has 7 nitrogen and oxygen atoms in total. The van der Waals surface area contributed by atoms with Gasteiger partial charge in [0.1, 0.15) is 17.5 Å². The van der Waals surface area contributed by atoms with E-state index in [4.69, 9.17) is 17.3 Å². The van der Waals surface area contributed by atoms with E-state index in [-0.39, 0.29) is 70.9 Å². The van der Waals surface area contributed by atoms with E-state index >= 15 is 8.78 Å². The Morgan fingerprint density at radius 3 is 2.32 bits per heavy atom. The summed E-state index contributed by atoms with van der Waals surface area (Å²) in [6.45, 7) is 34.6. The maximum atomic E-state index is 16.1. The Kier molecular flexibility index (Phi) is 27.8. The van der Waals surface area contributed by atoms with Crippen LogP contribution in [0.3, 0.4) is 0 Å². The molecular weight excluding hydrogens is 999 g/mol. The second-order valence-electron chi connectivity index (χ2n) is 21.8. The van der Waals surface area contributed by atoms with Gasteiger partial charge in [0.05, 0.1) is 10.5 Å². The normalized spacial score (nSPS) is 19.5. The Labute approximate surface area is 497 Å². The minimum absolute atomic E-state index is 0. The van der Waals surface area contributed by atoms with Crippen LogP contribution in [0.1, 0.15) is 158 Å². The smallest absolute Gasteiger partial charge is 0.399 e. The third-order valence-corrected chi connectivity index (χ3v) is 16.9. The van der Waals surface area contributed by atoms with Crippen LogP contribution >= 0.6 is 11.6 Å². The first-order valence-corrected chi connectivity index (χ1v) is 29.1. The van der Waals surface area contributed by atoms with Gasteiger partial charge in [-0.05, 0) is 127 Å². The molecule has 2 aliphatic carbocycles. The standard InChI is InChI=1S/C29H30ClF2N.C21H39N2.C14H16N4.C2H6.CH3.Na/c1-4-5-7-12-20-13-14-22(18(3)33)26(29(20)32)27-25-17(2)23(19-10-8-6-9-11-19)15-21(25)16-24(31)28(27)30;1-4-22-14-12-21(11-10-20-8-6-5-7-9-20)17-23-15-13-18(2)19(3)16-23;1-10-8-9-18(11(2)15-10)14-12-6-4-5-7-13(12)17(3)16-14;1-2;;/h6,8-11,13-14,16-17,23H,3-5,7,12,15,33H2,1-2H3;4-5,18-22H,1,6-17H2,2-3H3;4-7,15H,1-2,8-9H2,3H3;1-2H3;1H3;/q;-1;;;-1;+1. The van der Waals surface area contributed by atoms with Crippen LogP contribution in [-0.4, -0.2) is 47.4 Å². The van der Waals surface area contributed by atoms with Crippen molar-refractivity contribution in [2.45, 2.75) is 143 Å². The molecule has 1 aromatic heterocycles. The number of aromatic nitrogens is 2. The first-order valence-electron chi connectivity index (χ1n) is 28.7. The fourth-order valence-corrected chi connectivity index (χ4v) is 12.2. The zero-order valence-corrected chi connectivity index (χ0v) is 52.1. The molecule has 11 heteroatoms. The molecule has 4 N–H and O–H groups in total. The third-order valence-electron chi connectivity index (χ3n) is 16.5. The first-order chi connectivity index (χ1) is 36.7. The van der Waals surface area contributed by atoms with Crippen molar-refractivity contribution >= 4 is 34.0 Å². The summed E-state index contributed by atoms with van der Waals surface area (Å²) in [6, 6.07) is 23.5. The molecule has 9 rings (SSSR count). The van der Waals surface area contributed by atoms with Gasteiger partial charge in [0.15, 0.2) is 5.82 Å². The maximum Gasteiger partial charge on any atom is 1.00 e. The summed E-state index contributed by atoms with van der Waals surface area (Å²) in [5.74, 6) is 4.72. The number of likely N-dealkylation sites (tertiary alicyclic amines) is 1. The number of hydrogen-bond acceptors (Lipinski definition) is 6. The Balaban J connectivity index is 0.000000256. The molecule has 5 atom stereocenters. The topological polar surface area (TPSA) is 74.4 Å². The van der Waals surface area contributed by atoms with Crippen LogP contribution in [0.25, 0.3) is 27.7 Å². The molecule has 5 aromatic rings. The molecule has 2 aliphatic heterocycles. The van der Waals surface area contributed by atoms with Gasteiger partial charge in [-0.3, -0.25) is 4.68 Å². The predicted octanol–water partition coefficient (Wildman–Crippen LogP) is 14.1. The van der Waals surface area contributed by atoms with Gasteiger partial charge in [0, 0.05) is 73.1 Å². The number of rotatable bonds is 17. The van der Waals surface area contributed by atoms with E-state index in [0.717, 1.165) is 102 Å². The van der Waals surface area contributed by atoms with Crippen LogP contribution in [0.2, 0.25) is 5.02 Å². The van der Waals surface area contributed by atoms with E-state index < -0.39 is 5.82 Å². The molecular formula is C67H94ClF2N7Na-. The van der Waals surface area contributed by atoms with Crippen molar-refractivity contribution < 1.29 is 38.3 Å². The van der Waals surface area contributed by atoms with Crippen LogP contribution in [0.15, 0.2) is 117 Å². The predicted molar refractivity (Wildman–Crippen MR) is 328 cm³/mol. The number of para-hydroxylation sites is 1. The van der Waals surface area contributed by atoms with Crippen molar-refractivity contribution in [3.05, 3.63) is 175 Å². The summed E-state index contributed by atoms with van der Waals surface area (Å²) in [5, 5.41) is 12.2. The summed E-state index contributed by atoms with van der Waals surface area (Å²) < 4.78 is 33.0. The Bertz CT molecular complexity index is 2700. The number of nitrogens with zero attached hydrogens (tertiary/aromatic N) is 4. The zero-order valence-electron chi connectivity index (χ0n) is 49.3. The number of anilines is 1. The number of aryl methyl sites for hydroxylation is 2. The molecule has 2 saturated heterocycles. The zero-order chi connectivity index (χ0) is 54.9. The number of hydrogen-bond donors (Lipinski definition) is 3. The van der Waals surface area contributed by atoms with Crippen molar-refractivity contribution in [1.29, 1.82) is 0 Å². The van der Waals surface area contributed by atoms with Gasteiger partial charge in [-0.2, -0.15) is 17.9 Å². The van der Waals surface area contributed by atoms with Crippen molar-refractivity contribution in [3.8, 4) is 11.1 Å². The number of halogens is 3. The van der Waals surface area contributed by atoms with Crippen LogP contribution in [-0.2, 0) is 19.9 Å². The number of fused-ring (bicyclic) bond motifs is 2. The second-order valence-corrected chi connectivity index (χ2v) is 22.2. The molecule has 1 saturated carbocycles. The quantitative estimate of drug-likeness (QED) is 0.0489. The van der Waals surface area contributed by atoms with E-state index in [1.165, 1.54) is 82.6 Å². The van der Waals surface area contributed by atoms with E-state index in [0.29, 0.717) is 29.5 Å². The van der Waals surface area contributed by atoms with Crippen molar-refractivity contribution in [2.75, 3.05) is 37.6 Å². The molecule has 0 radical (unpaired) electrons. The molecule has 3 heterocycles. The summed E-state index contributed by atoms with van der Waals surface area (Å²) in [7, 11) is 1.96. The summed E-state index contributed by atoms with van der Waals surface area (Å²) in [4.78, 5) is 4.86. The fraction of sp³-hybridized carbons (Fsp3) is 0.478. The first kappa shape index (κ1) is 66.1.